The Morgan fingerprint density at radius 2 is 1.23 bits per heavy atom. The molecule has 1 aromatic rings. The molecule has 1 saturated heterocycles. The van der Waals surface area contributed by atoms with E-state index in [4.69, 9.17) is 9.47 Å². The highest BCUT2D eigenvalue weighted by Gasteiger charge is 2.35. The number of carboxylic acids is 2. The van der Waals surface area contributed by atoms with Crippen LogP contribution in [0.2, 0.25) is 0 Å². The van der Waals surface area contributed by atoms with E-state index in [1.807, 2.05) is 43.3 Å². The summed E-state index contributed by atoms with van der Waals surface area (Å²) in [5, 5.41) is 46.3. The minimum absolute atomic E-state index is 0.160. The van der Waals surface area contributed by atoms with Crippen LogP contribution in [0.4, 0.5) is 0 Å². The zero-order valence-corrected chi connectivity index (χ0v) is 40.8. The predicted molar refractivity (Wildman–Crippen MR) is 250 cm³/mol. The molecule has 1 fully saturated rings. The molecule has 0 aromatic heterocycles. The third-order valence-electron chi connectivity index (χ3n) is 11.4. The number of esters is 2. The Morgan fingerprint density at radius 3 is 1.77 bits per heavy atom. The number of allylic oxidation sites excluding steroid dienone is 2. The van der Waals surface area contributed by atoms with E-state index in [0.717, 1.165) is 26.7 Å². The van der Waals surface area contributed by atoms with Crippen LogP contribution in [0, 0.1) is 11.8 Å². The Balaban J connectivity index is 2.68. The fourth-order valence-electron chi connectivity index (χ4n) is 7.08. The third kappa shape index (κ3) is 21.1. The quantitative estimate of drug-likeness (QED) is 0.0678. The molecule has 10 atom stereocenters. The molecule has 1 heterocycles. The first-order valence-corrected chi connectivity index (χ1v) is 22.8. The van der Waals surface area contributed by atoms with Gasteiger partial charge in [-0.05, 0) is 45.1 Å². The second kappa shape index (κ2) is 30.4. The normalized spacial score (nSPS) is 25.0. The van der Waals surface area contributed by atoms with E-state index in [-0.39, 0.29) is 12.0 Å². The van der Waals surface area contributed by atoms with Crippen molar-refractivity contribution in [1.29, 1.82) is 0 Å². The first-order chi connectivity index (χ1) is 33.5. The highest BCUT2D eigenvalue weighted by atomic mass is 16.5. The summed E-state index contributed by atoms with van der Waals surface area (Å²) in [6.07, 6.45) is 1.31. The number of benzene rings is 1. The Kier molecular flexibility index (Phi) is 25.7. The number of aliphatic hydroxyl groups is 1. The lowest BCUT2D eigenvalue weighted by Crippen LogP contribution is -2.58. The summed E-state index contributed by atoms with van der Waals surface area (Å²) in [7, 11) is 3.72. The molecule has 71 heavy (non-hydrogen) atoms. The Bertz CT molecular complexity index is 2120. The fourth-order valence-corrected chi connectivity index (χ4v) is 7.08. The minimum Gasteiger partial charge on any atom is -0.480 e. The number of methoxy groups -OCH3 is 3. The van der Waals surface area contributed by atoms with Crippen LogP contribution in [0.25, 0.3) is 0 Å². The average Bonchev–Trinajstić information content (AvgIpc) is 3.33. The van der Waals surface area contributed by atoms with E-state index in [1.165, 1.54) is 13.0 Å². The highest BCUT2D eigenvalue weighted by molar-refractivity contribution is 5.96. The summed E-state index contributed by atoms with van der Waals surface area (Å²) in [5.74, 6) is -13.7. The predicted octanol–water partition coefficient (Wildman–Crippen LogP) is -1.32. The second-order valence-electron chi connectivity index (χ2n) is 16.9. The first-order valence-electron chi connectivity index (χ1n) is 22.8. The van der Waals surface area contributed by atoms with Gasteiger partial charge in [0, 0.05) is 32.3 Å². The van der Waals surface area contributed by atoms with Crippen molar-refractivity contribution in [1.82, 2.24) is 37.2 Å². The van der Waals surface area contributed by atoms with E-state index in [9.17, 15) is 68.1 Å². The van der Waals surface area contributed by atoms with Crippen molar-refractivity contribution in [2.45, 2.75) is 127 Å². The molecule has 1 aliphatic heterocycles. The van der Waals surface area contributed by atoms with E-state index in [2.05, 4.69) is 42.0 Å². The molecule has 0 unspecified atom stereocenters. The van der Waals surface area contributed by atoms with Gasteiger partial charge in [-0.1, -0.05) is 68.0 Å². The lowest BCUT2D eigenvalue weighted by atomic mass is 9.94. The van der Waals surface area contributed by atoms with Crippen molar-refractivity contribution < 1.29 is 82.3 Å². The topological polar surface area (TPSA) is 360 Å². The maximum atomic E-state index is 14.2. The van der Waals surface area contributed by atoms with Gasteiger partial charge in [-0.2, -0.15) is 0 Å². The summed E-state index contributed by atoms with van der Waals surface area (Å²) in [4.78, 5) is 144. The number of ether oxygens (including phenoxy) is 3. The van der Waals surface area contributed by atoms with Crippen LogP contribution in [0.15, 0.2) is 54.1 Å². The molecule has 1 aromatic carbocycles. The van der Waals surface area contributed by atoms with Gasteiger partial charge in [0.2, 0.25) is 41.4 Å². The van der Waals surface area contributed by atoms with Crippen LogP contribution in [0.1, 0.15) is 78.2 Å². The summed E-state index contributed by atoms with van der Waals surface area (Å²) >= 11 is 0. The van der Waals surface area contributed by atoms with Crippen LogP contribution < -0.4 is 37.2 Å². The van der Waals surface area contributed by atoms with Gasteiger partial charge in [0.15, 0.2) is 0 Å². The zero-order chi connectivity index (χ0) is 53.4. The molecule has 24 heteroatoms. The van der Waals surface area contributed by atoms with Gasteiger partial charge in [0.05, 0.1) is 45.3 Å². The Morgan fingerprint density at radius 1 is 0.690 bits per heavy atom. The highest BCUT2D eigenvalue weighted by Crippen LogP contribution is 2.18. The van der Waals surface area contributed by atoms with Crippen molar-refractivity contribution in [2.24, 2.45) is 11.8 Å². The Hall–Kier alpha value is -7.21. The second-order valence-corrected chi connectivity index (χ2v) is 16.9. The van der Waals surface area contributed by atoms with Crippen LogP contribution in [0.5, 0.6) is 0 Å². The molecular weight excluding hydrogens is 935 g/mol. The number of nitrogens with one attached hydrogen (secondary N) is 7. The lowest BCUT2D eigenvalue weighted by Gasteiger charge is -2.27. The van der Waals surface area contributed by atoms with Crippen LogP contribution in [-0.4, -0.2) is 157 Å². The van der Waals surface area contributed by atoms with E-state index < -0.39 is 165 Å². The molecule has 1 aliphatic rings. The molecule has 0 aliphatic carbocycles. The lowest BCUT2D eigenvalue weighted by molar-refractivity contribution is -0.145. The number of hydrogen-bond donors (Lipinski definition) is 10. The number of carbonyl (C=O) groups is 11. The third-order valence-corrected chi connectivity index (χ3v) is 11.4. The van der Waals surface area contributed by atoms with E-state index in [1.54, 1.807) is 20.1 Å². The Labute approximate surface area is 410 Å². The van der Waals surface area contributed by atoms with Crippen molar-refractivity contribution >= 4 is 65.2 Å². The van der Waals surface area contributed by atoms with Crippen molar-refractivity contribution in [3.8, 4) is 0 Å². The standard InChI is InChI=1S/C47H67N7O17/c1-25(21-26(2)36(69-5)22-29-11-9-8-10-12-29)13-14-30-27(3)41(60)53-33(46(65)66)15-18-37(56)50-35(24-55)45(64)48-28(4)42(61)52-32(17-20-40(59)71-7)44(63)54-34(47(67)68)23-38(57)49-31(43(62)51-30)16-19-39(58)70-6/h8-14,21,26-28,30-36,55H,15-20,22-24H2,1-7H3,(H,48,64)(H,49,57)(H,50,56)(H,51,62)(H,52,61)(H,53,60)(H,54,63)(H,65,66)(H,67,68)/b14-13+,25-21+/t26-,27-,28+,30-,31-,32-,33+,34+,35-,36-/m0/s1. The van der Waals surface area contributed by atoms with Gasteiger partial charge >= 0.3 is 23.9 Å². The molecule has 392 valence electrons. The number of hydrogen-bond acceptors (Lipinski definition) is 15. The number of aliphatic hydroxyl groups excluding tert-OH is 1. The first kappa shape index (κ1) is 59.9. The molecule has 7 amide bonds. The monoisotopic (exact) mass is 1000 g/mol. The van der Waals surface area contributed by atoms with Gasteiger partial charge in [-0.3, -0.25) is 43.2 Å². The molecular formula is C47H67N7O17. The van der Waals surface area contributed by atoms with Crippen molar-refractivity contribution in [3.63, 3.8) is 0 Å². The summed E-state index contributed by atoms with van der Waals surface area (Å²) in [5.41, 5.74) is 1.69. The van der Waals surface area contributed by atoms with Gasteiger partial charge in [0.1, 0.15) is 36.3 Å². The maximum Gasteiger partial charge on any atom is 0.326 e. The number of rotatable bonds is 16. The number of carboxylic acid groups (broad SMARTS) is 2. The molecule has 24 nitrogen and oxygen atoms in total. The largest absolute Gasteiger partial charge is 0.480 e. The number of aliphatic carboxylic acids is 2. The molecule has 0 saturated carbocycles. The minimum atomic E-state index is -2.02. The van der Waals surface area contributed by atoms with Gasteiger partial charge in [-0.25, -0.2) is 9.59 Å². The van der Waals surface area contributed by atoms with Gasteiger partial charge in [-0.15, -0.1) is 0 Å². The number of carbonyl (C=O) groups excluding carboxylic acids is 9. The molecule has 0 bridgehead atoms. The van der Waals surface area contributed by atoms with Crippen molar-refractivity contribution in [3.05, 3.63) is 59.7 Å². The smallest absolute Gasteiger partial charge is 0.326 e. The fraction of sp³-hybridized carbons (Fsp3) is 0.553. The van der Waals surface area contributed by atoms with Gasteiger partial charge in [0.25, 0.3) is 0 Å². The molecule has 2 rings (SSSR count). The molecule has 0 radical (unpaired) electrons. The SMILES string of the molecule is COC(=O)CC[C@@H]1NC(=O)C[C@H](C(=O)O)NC(=O)[C@H](CCC(=O)OC)NC(=O)[C@@H](C)NC(=O)[C@H](CO)NC(=O)CC[C@H](C(=O)O)NC(=O)[C@@H](C)[C@H](/C=C/C(C)=C/[C@H](C)[C@H](Cc2ccccc2)OC)NC1=O. The zero-order valence-electron chi connectivity index (χ0n) is 40.8. The van der Waals surface area contributed by atoms with Crippen LogP contribution in [0.3, 0.4) is 0 Å². The van der Waals surface area contributed by atoms with Crippen LogP contribution in [-0.2, 0) is 73.4 Å². The number of amides is 7. The van der Waals surface area contributed by atoms with E-state index >= 15 is 0 Å². The summed E-state index contributed by atoms with van der Waals surface area (Å²) < 4.78 is 15.1. The summed E-state index contributed by atoms with van der Waals surface area (Å²) in [6, 6.07) is -1.81. The molecule has 10 N–H and O–H groups in total. The van der Waals surface area contributed by atoms with E-state index in [0.29, 0.717) is 12.0 Å². The summed E-state index contributed by atoms with van der Waals surface area (Å²) in [6.45, 7) is 5.21. The average molecular weight is 1000 g/mol. The van der Waals surface area contributed by atoms with Crippen molar-refractivity contribution in [2.75, 3.05) is 27.9 Å². The molecule has 0 spiro atoms. The maximum absolute atomic E-state index is 14.2. The van der Waals surface area contributed by atoms with Crippen LogP contribution >= 0.6 is 0 Å². The van der Waals surface area contributed by atoms with Gasteiger partial charge < -0.3 is 66.7 Å².